The van der Waals surface area contributed by atoms with Gasteiger partial charge in [0.1, 0.15) is 15.9 Å². The van der Waals surface area contributed by atoms with Crippen LogP contribution in [0.4, 0.5) is 22.0 Å². The molecule has 0 saturated carbocycles. The Balaban J connectivity index is 1.60. The number of ether oxygens (including phenoxy) is 2. The third-order valence-corrected chi connectivity index (χ3v) is 9.25. The highest BCUT2D eigenvalue weighted by atomic mass is 127. The van der Waals surface area contributed by atoms with Gasteiger partial charge in [0, 0.05) is 7.14 Å². The van der Waals surface area contributed by atoms with Crippen LogP contribution in [0.1, 0.15) is 35.8 Å². The zero-order valence-corrected chi connectivity index (χ0v) is 24.1. The fourth-order valence-corrected chi connectivity index (χ4v) is 8.07. The van der Waals surface area contributed by atoms with E-state index in [9.17, 15) is 44.5 Å². The third-order valence-electron chi connectivity index (χ3n) is 5.87. The molecular weight excluding hydrogens is 781 g/mol. The molecule has 0 fully saturated rings. The first-order valence-electron chi connectivity index (χ1n) is 10.7. The van der Waals surface area contributed by atoms with Gasteiger partial charge in [-0.1, -0.05) is 24.3 Å². The van der Waals surface area contributed by atoms with Crippen molar-refractivity contribution in [3.63, 3.8) is 0 Å². The maximum atomic E-state index is 14.0. The second-order valence-corrected chi connectivity index (χ2v) is 11.9. The van der Waals surface area contributed by atoms with Gasteiger partial charge in [0.2, 0.25) is 34.8 Å². The van der Waals surface area contributed by atoms with Crippen LogP contribution in [0.15, 0.2) is 41.3 Å². The second-order valence-electron chi connectivity index (χ2n) is 8.22. The Bertz CT molecular complexity index is 1580. The number of hydrogen-bond acceptors (Lipinski definition) is 7. The molecule has 0 aliphatic heterocycles. The van der Waals surface area contributed by atoms with Crippen molar-refractivity contribution in [3.05, 3.63) is 83.8 Å². The summed E-state index contributed by atoms with van der Waals surface area (Å²) in [5.74, 6) is -17.5. The summed E-state index contributed by atoms with van der Waals surface area (Å²) in [4.78, 5) is 25.4. The fourth-order valence-electron chi connectivity index (χ4n) is 4.15. The Morgan fingerprint density at radius 2 is 1.18 bits per heavy atom. The number of fused-ring (bicyclic) bond motifs is 1. The Kier molecular flexibility index (Phi) is 8.53. The van der Waals surface area contributed by atoms with E-state index < -0.39 is 73.6 Å². The molecule has 39 heavy (non-hydrogen) atoms. The van der Waals surface area contributed by atoms with E-state index in [1.807, 2.05) is 0 Å². The van der Waals surface area contributed by atoms with Crippen molar-refractivity contribution in [2.45, 2.75) is 29.6 Å². The van der Waals surface area contributed by atoms with Crippen LogP contribution in [0.25, 0.3) is 0 Å². The molecule has 0 heterocycles. The van der Waals surface area contributed by atoms with Gasteiger partial charge < -0.3 is 14.0 Å². The molecule has 0 saturated heterocycles. The highest BCUT2D eigenvalue weighted by Crippen LogP contribution is 2.41. The zero-order chi connectivity index (χ0) is 28.8. The molecular formula is C24H12F5I2O7S-. The summed E-state index contributed by atoms with van der Waals surface area (Å²) in [5.41, 5.74) is 0.521. The molecule has 7 nitrogen and oxygen atoms in total. The smallest absolute Gasteiger partial charge is 0.319 e. The van der Waals surface area contributed by atoms with Gasteiger partial charge in [-0.2, -0.15) is 8.78 Å². The van der Waals surface area contributed by atoms with Crippen molar-refractivity contribution in [2.24, 2.45) is 0 Å². The molecule has 4 rings (SSSR count). The highest BCUT2D eigenvalue weighted by molar-refractivity contribution is 14.1. The Morgan fingerprint density at radius 3 is 1.62 bits per heavy atom. The van der Waals surface area contributed by atoms with Crippen molar-refractivity contribution >= 4 is 67.2 Å². The number of halogens is 7. The maximum absolute atomic E-state index is 14.0. The minimum Gasteiger partial charge on any atom is -0.744 e. The lowest BCUT2D eigenvalue weighted by Gasteiger charge is -2.29. The molecule has 2 atom stereocenters. The van der Waals surface area contributed by atoms with E-state index in [-0.39, 0.29) is 31.3 Å². The van der Waals surface area contributed by atoms with Crippen molar-refractivity contribution in [3.8, 4) is 11.5 Å². The molecule has 0 radical (unpaired) electrons. The van der Waals surface area contributed by atoms with Gasteiger partial charge >= 0.3 is 11.9 Å². The first-order valence-corrected chi connectivity index (χ1v) is 14.3. The van der Waals surface area contributed by atoms with Crippen LogP contribution in [0.2, 0.25) is 0 Å². The Morgan fingerprint density at radius 1 is 0.769 bits per heavy atom. The summed E-state index contributed by atoms with van der Waals surface area (Å²) in [6, 6.07) is 8.40. The summed E-state index contributed by atoms with van der Waals surface area (Å²) in [5, 5.41) is 0. The first-order chi connectivity index (χ1) is 18.2. The number of carbonyl (C=O) groups excluding carboxylic acids is 2. The van der Waals surface area contributed by atoms with E-state index in [0.717, 1.165) is 0 Å². The lowest BCUT2D eigenvalue weighted by atomic mass is 9.76. The maximum Gasteiger partial charge on any atom is 0.319 e. The minimum atomic E-state index is -4.78. The average molecular weight is 793 g/mol. The molecule has 206 valence electrons. The van der Waals surface area contributed by atoms with Crippen LogP contribution in [0, 0.1) is 36.2 Å². The van der Waals surface area contributed by atoms with Crippen LogP contribution in [-0.2, 0) is 19.7 Å². The molecule has 0 amide bonds. The molecule has 3 aromatic carbocycles. The monoisotopic (exact) mass is 793 g/mol. The normalized spacial score (nSPS) is 16.9. The molecule has 0 N–H and O–H groups in total. The van der Waals surface area contributed by atoms with Gasteiger partial charge in [-0.25, -0.2) is 21.6 Å². The Labute approximate surface area is 244 Å². The SMILES string of the molecule is O=C(Oc1cc(I)c(S(=O)(=O)[O-])c(I)c1)C1CCC(C(=O)Oc2c(F)c(F)c(F)c(F)c2F)c2ccccc21. The standard InChI is InChI=1S/C24H13F5I2O7S/c25-16-17(26)19(28)21(20(29)18(16)27)38-24(33)13-6-5-12(10-3-1-2-4-11(10)13)23(32)37-9-7-14(30)22(15(31)8-9)39(34,35)36/h1-4,7-8,12-13H,5-6H2,(H,34,35,36)/p-1. The third kappa shape index (κ3) is 5.76. The number of carbonyl (C=O) groups is 2. The lowest BCUT2D eigenvalue weighted by Crippen LogP contribution is -2.29. The molecule has 1 aliphatic carbocycles. The predicted octanol–water partition coefficient (Wildman–Crippen LogP) is 5.67. The van der Waals surface area contributed by atoms with Gasteiger partial charge in [0.05, 0.1) is 16.7 Å². The summed E-state index contributed by atoms with van der Waals surface area (Å²) in [6.45, 7) is 0. The summed E-state index contributed by atoms with van der Waals surface area (Å²) < 4.78 is 113. The van der Waals surface area contributed by atoms with E-state index in [2.05, 4.69) is 4.74 Å². The summed E-state index contributed by atoms with van der Waals surface area (Å²) in [6.07, 6.45) is -0.124. The summed E-state index contributed by atoms with van der Waals surface area (Å²) in [7, 11) is -4.78. The van der Waals surface area contributed by atoms with E-state index in [0.29, 0.717) is 5.56 Å². The van der Waals surface area contributed by atoms with Gasteiger partial charge in [-0.05, 0) is 81.3 Å². The van der Waals surface area contributed by atoms with Gasteiger partial charge in [0.15, 0.2) is 0 Å². The topological polar surface area (TPSA) is 110 Å². The number of esters is 2. The first kappa shape index (κ1) is 29.6. The number of rotatable bonds is 5. The number of hydrogen-bond donors (Lipinski definition) is 0. The van der Waals surface area contributed by atoms with Crippen molar-refractivity contribution in [1.29, 1.82) is 0 Å². The minimum absolute atomic E-state index is 0.0199. The highest BCUT2D eigenvalue weighted by Gasteiger charge is 2.38. The lowest BCUT2D eigenvalue weighted by molar-refractivity contribution is -0.139. The van der Waals surface area contributed by atoms with Crippen molar-refractivity contribution < 1.29 is 54.0 Å². The Hall–Kier alpha value is -2.38. The van der Waals surface area contributed by atoms with Crippen LogP contribution < -0.4 is 9.47 Å². The predicted molar refractivity (Wildman–Crippen MR) is 138 cm³/mol. The average Bonchev–Trinajstić information content (AvgIpc) is 2.86. The van der Waals surface area contributed by atoms with Crippen LogP contribution in [0.3, 0.4) is 0 Å². The van der Waals surface area contributed by atoms with Crippen LogP contribution in [0.5, 0.6) is 11.5 Å². The molecule has 0 bridgehead atoms. The number of benzene rings is 3. The van der Waals surface area contributed by atoms with Gasteiger partial charge in [-0.15, -0.1) is 0 Å². The van der Waals surface area contributed by atoms with E-state index in [4.69, 9.17) is 4.74 Å². The zero-order valence-electron chi connectivity index (χ0n) is 18.9. The molecule has 3 aromatic rings. The van der Waals surface area contributed by atoms with E-state index in [1.54, 1.807) is 51.2 Å². The fraction of sp³-hybridized carbons (Fsp3) is 0.167. The van der Waals surface area contributed by atoms with Crippen molar-refractivity contribution in [1.82, 2.24) is 0 Å². The van der Waals surface area contributed by atoms with E-state index in [1.165, 1.54) is 30.3 Å². The largest absolute Gasteiger partial charge is 0.744 e. The second kappa shape index (κ2) is 11.2. The molecule has 0 aromatic heterocycles. The summed E-state index contributed by atoms with van der Waals surface area (Å²) >= 11 is 3.24. The molecule has 0 spiro atoms. The van der Waals surface area contributed by atoms with Gasteiger partial charge in [-0.3, -0.25) is 9.59 Å². The van der Waals surface area contributed by atoms with E-state index >= 15 is 0 Å². The molecule has 1 aliphatic rings. The molecule has 2 unspecified atom stereocenters. The van der Waals surface area contributed by atoms with Crippen molar-refractivity contribution in [2.75, 3.05) is 0 Å². The van der Waals surface area contributed by atoms with Crippen LogP contribution in [-0.4, -0.2) is 24.9 Å². The van der Waals surface area contributed by atoms with Gasteiger partial charge in [0.25, 0.3) is 0 Å². The molecule has 15 heteroatoms. The quantitative estimate of drug-likeness (QED) is 0.0624. The van der Waals surface area contributed by atoms with Crippen LogP contribution >= 0.6 is 45.2 Å².